The highest BCUT2D eigenvalue weighted by molar-refractivity contribution is 7.15. The number of para-hydroxylation sites is 1. The van der Waals surface area contributed by atoms with Gasteiger partial charge in [0.05, 0.1) is 28.3 Å². The predicted octanol–water partition coefficient (Wildman–Crippen LogP) is 3.03. The van der Waals surface area contributed by atoms with Gasteiger partial charge < -0.3 is 14.9 Å². The Morgan fingerprint density at radius 3 is 3.00 bits per heavy atom. The van der Waals surface area contributed by atoms with Crippen LogP contribution in [0.25, 0.3) is 15.9 Å². The van der Waals surface area contributed by atoms with E-state index in [-0.39, 0.29) is 17.0 Å². The van der Waals surface area contributed by atoms with E-state index in [2.05, 4.69) is 11.1 Å². The number of aromatic nitrogens is 2. The fourth-order valence-corrected chi connectivity index (χ4v) is 4.37. The summed E-state index contributed by atoms with van der Waals surface area (Å²) in [4.78, 5) is 18.2. The average molecular weight is 376 g/mol. The number of thiazole rings is 1. The maximum Gasteiger partial charge on any atom is 0.344 e. The minimum Gasteiger partial charge on any atom is -0.439 e. The van der Waals surface area contributed by atoms with Gasteiger partial charge in [0.1, 0.15) is 17.2 Å². The summed E-state index contributed by atoms with van der Waals surface area (Å²) in [5.41, 5.74) is 7.78. The second kappa shape index (κ2) is 5.46. The molecule has 0 bridgehead atoms. The fraction of sp³-hybridized carbons (Fsp3) is 0.105. The Hall–Kier alpha value is -3.57. The summed E-state index contributed by atoms with van der Waals surface area (Å²) in [6.45, 7) is 1.85. The van der Waals surface area contributed by atoms with Crippen molar-refractivity contribution in [1.82, 2.24) is 9.38 Å². The van der Waals surface area contributed by atoms with E-state index in [9.17, 15) is 10.1 Å². The number of hydrogen-bond acceptors (Lipinski definition) is 7. The van der Waals surface area contributed by atoms with Gasteiger partial charge in [-0.25, -0.2) is 9.78 Å². The van der Waals surface area contributed by atoms with Gasteiger partial charge in [0.15, 0.2) is 10.7 Å². The lowest BCUT2D eigenvalue weighted by atomic mass is 9.86. The summed E-state index contributed by atoms with van der Waals surface area (Å²) in [5.74, 6) is -0.410. The molecule has 0 saturated heterocycles. The van der Waals surface area contributed by atoms with Crippen LogP contribution in [0.4, 0.5) is 0 Å². The van der Waals surface area contributed by atoms with Crippen molar-refractivity contribution in [2.24, 2.45) is 5.73 Å². The number of nitrogens with two attached hydrogens (primary N) is 1. The Bertz CT molecular complexity index is 1370. The number of ether oxygens (including phenoxy) is 1. The zero-order valence-corrected chi connectivity index (χ0v) is 14.9. The van der Waals surface area contributed by atoms with Crippen LogP contribution in [0.5, 0.6) is 5.75 Å². The SMILES string of the molecule is Cc1nc2sccn2c1[C@@H]1C(C#N)=C(N)Oc2c1c(=O)oc1ccccc21. The topological polar surface area (TPSA) is 107 Å². The molecule has 8 heteroatoms. The molecule has 7 nitrogen and oxygen atoms in total. The van der Waals surface area contributed by atoms with Crippen LogP contribution < -0.4 is 16.1 Å². The van der Waals surface area contributed by atoms with Gasteiger partial charge in [-0.2, -0.15) is 5.26 Å². The van der Waals surface area contributed by atoms with E-state index in [0.717, 1.165) is 4.96 Å². The summed E-state index contributed by atoms with van der Waals surface area (Å²) in [6, 6.07) is 9.18. The standard InChI is InChI=1S/C19H12N4O3S/c1-9-15(23-6-7-27-19(23)22-9)13-11(8-20)17(21)26-16-10-4-2-3-5-12(10)25-18(24)14(13)16/h2-7,13H,21H2,1H3/t13-/m1/s1. The van der Waals surface area contributed by atoms with Crippen LogP contribution >= 0.6 is 11.3 Å². The molecule has 1 atom stereocenters. The third-order valence-electron chi connectivity index (χ3n) is 4.73. The van der Waals surface area contributed by atoms with Gasteiger partial charge in [-0.3, -0.25) is 4.40 Å². The Kier molecular flexibility index (Phi) is 3.17. The highest BCUT2D eigenvalue weighted by Gasteiger charge is 2.38. The molecule has 3 aromatic heterocycles. The lowest BCUT2D eigenvalue weighted by Gasteiger charge is -2.25. The van der Waals surface area contributed by atoms with E-state index in [1.54, 1.807) is 18.2 Å². The van der Waals surface area contributed by atoms with Crippen molar-refractivity contribution in [2.45, 2.75) is 12.8 Å². The smallest absolute Gasteiger partial charge is 0.344 e. The summed E-state index contributed by atoms with van der Waals surface area (Å²) in [7, 11) is 0. The second-order valence-electron chi connectivity index (χ2n) is 6.19. The Morgan fingerprint density at radius 1 is 1.37 bits per heavy atom. The Balaban J connectivity index is 1.93. The normalized spacial score (nSPS) is 16.4. The van der Waals surface area contributed by atoms with Crippen molar-refractivity contribution in [1.29, 1.82) is 5.26 Å². The van der Waals surface area contributed by atoms with Crippen molar-refractivity contribution in [2.75, 3.05) is 0 Å². The number of benzene rings is 1. The lowest BCUT2D eigenvalue weighted by molar-refractivity contribution is 0.387. The highest BCUT2D eigenvalue weighted by atomic mass is 32.1. The zero-order chi connectivity index (χ0) is 18.7. The molecule has 0 unspecified atom stereocenters. The van der Waals surface area contributed by atoms with Gasteiger partial charge in [0.2, 0.25) is 5.88 Å². The quantitative estimate of drug-likeness (QED) is 0.512. The first-order valence-electron chi connectivity index (χ1n) is 8.15. The molecule has 0 amide bonds. The summed E-state index contributed by atoms with van der Waals surface area (Å²) < 4.78 is 13.1. The first-order valence-corrected chi connectivity index (χ1v) is 9.03. The summed E-state index contributed by atoms with van der Waals surface area (Å²) in [5, 5.41) is 12.3. The van der Waals surface area contributed by atoms with Gasteiger partial charge >= 0.3 is 5.63 Å². The number of hydrogen-bond donors (Lipinski definition) is 1. The highest BCUT2D eigenvalue weighted by Crippen LogP contribution is 2.44. The number of imidazole rings is 1. The van der Waals surface area contributed by atoms with Crippen molar-refractivity contribution >= 4 is 27.3 Å². The molecule has 0 fully saturated rings. The maximum atomic E-state index is 12.9. The number of fused-ring (bicyclic) bond motifs is 4. The average Bonchev–Trinajstić information content (AvgIpc) is 3.21. The molecule has 132 valence electrons. The molecule has 4 aromatic rings. The third-order valence-corrected chi connectivity index (χ3v) is 5.49. The number of allylic oxidation sites excluding steroid dienone is 1. The van der Waals surface area contributed by atoms with Crippen molar-refractivity contribution in [3.05, 3.63) is 74.7 Å². The zero-order valence-electron chi connectivity index (χ0n) is 14.1. The van der Waals surface area contributed by atoms with Crippen molar-refractivity contribution < 1.29 is 9.15 Å². The molecule has 1 aliphatic rings. The molecule has 2 N–H and O–H groups in total. The minimum absolute atomic E-state index is 0.0182. The van der Waals surface area contributed by atoms with E-state index in [0.29, 0.717) is 28.1 Å². The largest absolute Gasteiger partial charge is 0.439 e. The van der Waals surface area contributed by atoms with E-state index in [1.807, 2.05) is 29.0 Å². The first-order chi connectivity index (χ1) is 13.1. The monoisotopic (exact) mass is 376 g/mol. The predicted molar refractivity (Wildman–Crippen MR) is 99.6 cm³/mol. The van der Waals surface area contributed by atoms with Gasteiger partial charge in [-0.15, -0.1) is 11.3 Å². The summed E-state index contributed by atoms with van der Waals surface area (Å²) in [6.07, 6.45) is 1.86. The molecule has 5 rings (SSSR count). The van der Waals surface area contributed by atoms with Crippen LogP contribution in [0.3, 0.4) is 0 Å². The fourth-order valence-electron chi connectivity index (χ4n) is 3.60. The number of nitrogens with zero attached hydrogens (tertiary/aromatic N) is 3. The molecule has 1 aliphatic heterocycles. The molecule has 0 spiro atoms. The Morgan fingerprint density at radius 2 is 2.19 bits per heavy atom. The lowest BCUT2D eigenvalue weighted by Crippen LogP contribution is -2.27. The first kappa shape index (κ1) is 15.7. The van der Waals surface area contributed by atoms with Crippen LogP contribution in [-0.2, 0) is 0 Å². The molecule has 0 radical (unpaired) electrons. The van der Waals surface area contributed by atoms with E-state index < -0.39 is 11.5 Å². The number of nitriles is 1. The minimum atomic E-state index is -0.718. The summed E-state index contributed by atoms with van der Waals surface area (Å²) >= 11 is 1.47. The Labute approximate surface area is 156 Å². The van der Waals surface area contributed by atoms with E-state index >= 15 is 0 Å². The van der Waals surface area contributed by atoms with Crippen LogP contribution in [0, 0.1) is 18.3 Å². The van der Waals surface area contributed by atoms with Crippen LogP contribution in [0.15, 0.2) is 56.5 Å². The number of rotatable bonds is 1. The molecular weight excluding hydrogens is 364 g/mol. The molecular formula is C19H12N4O3S. The number of aryl methyl sites for hydroxylation is 1. The van der Waals surface area contributed by atoms with Gasteiger partial charge in [-0.1, -0.05) is 12.1 Å². The van der Waals surface area contributed by atoms with E-state index in [1.165, 1.54) is 11.3 Å². The van der Waals surface area contributed by atoms with Crippen molar-refractivity contribution in [3.8, 4) is 11.8 Å². The molecule has 0 aliphatic carbocycles. The second-order valence-corrected chi connectivity index (χ2v) is 7.06. The third kappa shape index (κ3) is 2.06. The van der Waals surface area contributed by atoms with Crippen LogP contribution in [0.2, 0.25) is 0 Å². The molecule has 0 saturated carbocycles. The van der Waals surface area contributed by atoms with Crippen LogP contribution in [-0.4, -0.2) is 9.38 Å². The van der Waals surface area contributed by atoms with Crippen LogP contribution in [0.1, 0.15) is 22.9 Å². The maximum absolute atomic E-state index is 12.9. The van der Waals surface area contributed by atoms with E-state index in [4.69, 9.17) is 14.9 Å². The van der Waals surface area contributed by atoms with Gasteiger partial charge in [-0.05, 0) is 19.1 Å². The van der Waals surface area contributed by atoms with Crippen molar-refractivity contribution in [3.63, 3.8) is 0 Å². The van der Waals surface area contributed by atoms with Gasteiger partial charge in [0, 0.05) is 11.6 Å². The van der Waals surface area contributed by atoms with Gasteiger partial charge in [0.25, 0.3) is 0 Å². The molecule has 27 heavy (non-hydrogen) atoms. The molecule has 4 heterocycles. The molecule has 1 aromatic carbocycles.